The van der Waals surface area contributed by atoms with Gasteiger partial charge >= 0.3 is 0 Å². The van der Waals surface area contributed by atoms with E-state index in [2.05, 4.69) is 11.4 Å². The Balaban J connectivity index is 2.91. The van der Waals surface area contributed by atoms with Crippen LogP contribution in [0.4, 0.5) is 5.69 Å². The minimum Gasteiger partial charge on any atom is -0.394 e. The number of nitrogens with zero attached hydrogens (tertiary/aromatic N) is 1. The highest BCUT2D eigenvalue weighted by Crippen LogP contribution is 2.18. The maximum atomic E-state index is 9.14. The number of rotatable bonds is 4. The van der Waals surface area contributed by atoms with Gasteiger partial charge in [0.1, 0.15) is 0 Å². The van der Waals surface area contributed by atoms with Crippen molar-refractivity contribution in [3.05, 3.63) is 29.3 Å². The normalized spacial score (nSPS) is 10.9. The average Bonchev–Trinajstić information content (AvgIpc) is 2.29. The molecule has 0 aliphatic rings. The van der Waals surface area contributed by atoms with Gasteiger partial charge in [-0.3, -0.25) is 0 Å². The number of aliphatic hydroxyl groups is 2. The quantitative estimate of drug-likeness (QED) is 0.708. The largest absolute Gasteiger partial charge is 0.394 e. The lowest BCUT2D eigenvalue weighted by Gasteiger charge is -2.27. The summed E-state index contributed by atoms with van der Waals surface area (Å²) in [6.07, 6.45) is 0. The lowest BCUT2D eigenvalue weighted by Crippen LogP contribution is -2.42. The molecule has 4 heteroatoms. The third kappa shape index (κ3) is 2.72. The Labute approximate surface area is 95.2 Å². The predicted molar refractivity (Wildman–Crippen MR) is 62.1 cm³/mol. The van der Waals surface area contributed by atoms with Crippen molar-refractivity contribution < 1.29 is 10.2 Å². The van der Waals surface area contributed by atoms with Crippen molar-refractivity contribution in [2.24, 2.45) is 0 Å². The number of anilines is 1. The van der Waals surface area contributed by atoms with Crippen LogP contribution in [0.2, 0.25) is 0 Å². The van der Waals surface area contributed by atoms with Gasteiger partial charge in [0, 0.05) is 5.69 Å². The molecule has 0 fully saturated rings. The van der Waals surface area contributed by atoms with Gasteiger partial charge in [0.15, 0.2) is 0 Å². The van der Waals surface area contributed by atoms with Gasteiger partial charge in [0.05, 0.1) is 30.4 Å². The molecule has 1 aromatic carbocycles. The van der Waals surface area contributed by atoms with E-state index in [-0.39, 0.29) is 13.2 Å². The van der Waals surface area contributed by atoms with E-state index in [0.29, 0.717) is 5.56 Å². The first-order chi connectivity index (χ1) is 7.54. The maximum Gasteiger partial charge on any atom is 0.0994 e. The summed E-state index contributed by atoms with van der Waals surface area (Å²) in [6, 6.07) is 7.38. The summed E-state index contributed by atoms with van der Waals surface area (Å²) in [5, 5.41) is 30.1. The molecule has 0 heterocycles. The molecule has 1 rings (SSSR count). The smallest absolute Gasteiger partial charge is 0.0994 e. The van der Waals surface area contributed by atoms with Crippen LogP contribution in [0.25, 0.3) is 0 Å². The lowest BCUT2D eigenvalue weighted by molar-refractivity contribution is 0.147. The third-order valence-corrected chi connectivity index (χ3v) is 2.49. The van der Waals surface area contributed by atoms with Crippen LogP contribution in [0.5, 0.6) is 0 Å². The number of aryl methyl sites for hydroxylation is 1. The highest BCUT2D eigenvalue weighted by Gasteiger charge is 2.21. The molecule has 1 aromatic rings. The topological polar surface area (TPSA) is 76.3 Å². The minimum atomic E-state index is -0.749. The van der Waals surface area contributed by atoms with Crippen molar-refractivity contribution in [3.63, 3.8) is 0 Å². The molecule has 0 bridgehead atoms. The van der Waals surface area contributed by atoms with Gasteiger partial charge in [-0.05, 0) is 37.6 Å². The molecule has 0 spiro atoms. The van der Waals surface area contributed by atoms with Crippen molar-refractivity contribution in [1.82, 2.24) is 0 Å². The van der Waals surface area contributed by atoms with Crippen LogP contribution in [0.15, 0.2) is 18.2 Å². The van der Waals surface area contributed by atoms with Crippen LogP contribution in [-0.4, -0.2) is 29.0 Å². The Kier molecular flexibility index (Phi) is 3.88. The summed E-state index contributed by atoms with van der Waals surface area (Å²) in [6.45, 7) is 3.24. The maximum absolute atomic E-state index is 9.14. The molecule has 0 unspecified atom stereocenters. The molecule has 16 heavy (non-hydrogen) atoms. The van der Waals surface area contributed by atoms with Crippen LogP contribution in [0, 0.1) is 18.3 Å². The summed E-state index contributed by atoms with van der Waals surface area (Å²) in [4.78, 5) is 0. The zero-order valence-electron chi connectivity index (χ0n) is 9.49. The van der Waals surface area contributed by atoms with E-state index in [1.165, 1.54) is 0 Å². The molecule has 0 amide bonds. The predicted octanol–water partition coefficient (Wildman–Crippen LogP) is 1.02. The Hall–Kier alpha value is -1.57. The standard InChI is InChI=1S/C12H16N2O2/c1-9-5-11(4-3-10(9)6-13)14-12(2,7-15)8-16/h3-5,14-16H,7-8H2,1-2H3. The van der Waals surface area contributed by atoms with Crippen molar-refractivity contribution in [3.8, 4) is 6.07 Å². The number of hydrogen-bond acceptors (Lipinski definition) is 4. The molecule has 3 N–H and O–H groups in total. The summed E-state index contributed by atoms with van der Waals surface area (Å²) in [5.41, 5.74) is 1.52. The lowest BCUT2D eigenvalue weighted by atomic mass is 10.0. The molecule has 0 aliphatic heterocycles. The van der Waals surface area contributed by atoms with Crippen LogP contribution in [0.1, 0.15) is 18.1 Å². The van der Waals surface area contributed by atoms with Crippen LogP contribution < -0.4 is 5.32 Å². The van der Waals surface area contributed by atoms with Gasteiger partial charge in [0.25, 0.3) is 0 Å². The van der Waals surface area contributed by atoms with Gasteiger partial charge < -0.3 is 15.5 Å². The second-order valence-corrected chi connectivity index (χ2v) is 4.14. The number of benzene rings is 1. The number of nitrogens with one attached hydrogen (secondary N) is 1. The first-order valence-corrected chi connectivity index (χ1v) is 5.05. The van der Waals surface area contributed by atoms with Gasteiger partial charge in [-0.1, -0.05) is 0 Å². The fraction of sp³-hybridized carbons (Fsp3) is 0.417. The van der Waals surface area contributed by atoms with Crippen LogP contribution in [0.3, 0.4) is 0 Å². The molecular formula is C12H16N2O2. The van der Waals surface area contributed by atoms with E-state index in [1.54, 1.807) is 19.1 Å². The molecule has 0 aromatic heterocycles. The Morgan fingerprint density at radius 1 is 1.38 bits per heavy atom. The van der Waals surface area contributed by atoms with Crippen LogP contribution >= 0.6 is 0 Å². The van der Waals surface area contributed by atoms with Crippen LogP contribution in [-0.2, 0) is 0 Å². The third-order valence-electron chi connectivity index (χ3n) is 2.49. The summed E-state index contributed by atoms with van der Waals surface area (Å²) < 4.78 is 0. The zero-order chi connectivity index (χ0) is 12.2. The second kappa shape index (κ2) is 4.97. The first kappa shape index (κ1) is 12.5. The fourth-order valence-corrected chi connectivity index (χ4v) is 1.34. The molecule has 4 nitrogen and oxygen atoms in total. The van der Waals surface area contributed by atoms with Gasteiger partial charge in [0.2, 0.25) is 0 Å². The van der Waals surface area contributed by atoms with E-state index in [4.69, 9.17) is 15.5 Å². The summed E-state index contributed by atoms with van der Waals surface area (Å²) in [5.74, 6) is 0. The first-order valence-electron chi connectivity index (χ1n) is 5.05. The van der Waals surface area contributed by atoms with Gasteiger partial charge in [-0.15, -0.1) is 0 Å². The Bertz CT molecular complexity index is 406. The summed E-state index contributed by atoms with van der Waals surface area (Å²) in [7, 11) is 0. The molecule has 0 radical (unpaired) electrons. The van der Waals surface area contributed by atoms with Crippen molar-refractivity contribution in [2.75, 3.05) is 18.5 Å². The highest BCUT2D eigenvalue weighted by molar-refractivity contribution is 5.52. The van der Waals surface area contributed by atoms with E-state index in [9.17, 15) is 0 Å². The fourth-order valence-electron chi connectivity index (χ4n) is 1.34. The summed E-state index contributed by atoms with van der Waals surface area (Å²) >= 11 is 0. The highest BCUT2D eigenvalue weighted by atomic mass is 16.3. The molecule has 0 saturated heterocycles. The number of aliphatic hydroxyl groups excluding tert-OH is 2. The van der Waals surface area contributed by atoms with Crippen molar-refractivity contribution in [2.45, 2.75) is 19.4 Å². The molecule has 86 valence electrons. The average molecular weight is 220 g/mol. The number of hydrogen-bond donors (Lipinski definition) is 3. The molecule has 0 aliphatic carbocycles. The van der Waals surface area contributed by atoms with Gasteiger partial charge in [-0.2, -0.15) is 5.26 Å². The number of nitriles is 1. The minimum absolute atomic E-state index is 0.164. The Morgan fingerprint density at radius 2 is 2.00 bits per heavy atom. The molecule has 0 atom stereocenters. The second-order valence-electron chi connectivity index (χ2n) is 4.14. The SMILES string of the molecule is Cc1cc(NC(C)(CO)CO)ccc1C#N. The molecule has 0 saturated carbocycles. The Morgan fingerprint density at radius 3 is 2.44 bits per heavy atom. The van der Waals surface area contributed by atoms with E-state index in [0.717, 1.165) is 11.3 Å². The van der Waals surface area contributed by atoms with Gasteiger partial charge in [-0.25, -0.2) is 0 Å². The van der Waals surface area contributed by atoms with E-state index in [1.807, 2.05) is 13.0 Å². The van der Waals surface area contributed by atoms with Crippen molar-refractivity contribution >= 4 is 5.69 Å². The zero-order valence-corrected chi connectivity index (χ0v) is 9.49. The monoisotopic (exact) mass is 220 g/mol. The van der Waals surface area contributed by atoms with E-state index < -0.39 is 5.54 Å². The molecular weight excluding hydrogens is 204 g/mol. The van der Waals surface area contributed by atoms with E-state index >= 15 is 0 Å². The van der Waals surface area contributed by atoms with Crippen molar-refractivity contribution in [1.29, 1.82) is 5.26 Å².